The molecular weight excluding hydrogens is 394 g/mol. The highest BCUT2D eigenvalue weighted by atomic mass is 32.2. The van der Waals surface area contributed by atoms with Gasteiger partial charge in [0, 0.05) is 13.1 Å². The fourth-order valence-corrected chi connectivity index (χ4v) is 4.89. The molecule has 1 heterocycles. The summed E-state index contributed by atoms with van der Waals surface area (Å²) in [5.41, 5.74) is 0.959. The molecule has 0 amide bonds. The second-order valence-corrected chi connectivity index (χ2v) is 8.97. The molecule has 0 spiro atoms. The maximum atomic E-state index is 13.0. The van der Waals surface area contributed by atoms with E-state index < -0.39 is 16.0 Å². The Morgan fingerprint density at radius 1 is 1.10 bits per heavy atom. The highest BCUT2D eigenvalue weighted by molar-refractivity contribution is 7.89. The number of hydrogen-bond acceptors (Lipinski definition) is 6. The molecule has 0 N–H and O–H groups in total. The van der Waals surface area contributed by atoms with Crippen LogP contribution in [0.1, 0.15) is 29.8 Å². The van der Waals surface area contributed by atoms with Gasteiger partial charge in [-0.3, -0.25) is 0 Å². The molecule has 156 valence electrons. The SMILES string of the molecule is COc1cccc(COC(=O)c2cccc(S(=O)(=O)N3CC(C)OC(C)C3)c2)c1. The maximum Gasteiger partial charge on any atom is 0.338 e. The summed E-state index contributed by atoms with van der Waals surface area (Å²) < 4.78 is 43.5. The van der Waals surface area contributed by atoms with Gasteiger partial charge in [0.25, 0.3) is 0 Å². The van der Waals surface area contributed by atoms with Crippen molar-refractivity contribution in [3.8, 4) is 5.75 Å². The number of ether oxygens (including phenoxy) is 3. The van der Waals surface area contributed by atoms with Crippen molar-refractivity contribution >= 4 is 16.0 Å². The lowest BCUT2D eigenvalue weighted by atomic mass is 10.2. The molecule has 8 heteroatoms. The zero-order chi connectivity index (χ0) is 21.0. The highest BCUT2D eigenvalue weighted by Crippen LogP contribution is 2.22. The molecule has 2 unspecified atom stereocenters. The van der Waals surface area contributed by atoms with Crippen LogP contribution >= 0.6 is 0 Å². The van der Waals surface area contributed by atoms with E-state index in [9.17, 15) is 13.2 Å². The molecule has 7 nitrogen and oxygen atoms in total. The van der Waals surface area contributed by atoms with Crippen molar-refractivity contribution in [2.45, 2.75) is 37.6 Å². The molecule has 1 aliphatic heterocycles. The number of benzene rings is 2. The smallest absolute Gasteiger partial charge is 0.338 e. The minimum absolute atomic E-state index is 0.0610. The van der Waals surface area contributed by atoms with Gasteiger partial charge in [0.05, 0.1) is 29.8 Å². The summed E-state index contributed by atoms with van der Waals surface area (Å²) >= 11 is 0. The molecule has 2 atom stereocenters. The summed E-state index contributed by atoms with van der Waals surface area (Å²) in [6, 6.07) is 13.1. The number of nitrogens with zero attached hydrogens (tertiary/aromatic N) is 1. The van der Waals surface area contributed by atoms with Crippen molar-refractivity contribution in [2.75, 3.05) is 20.2 Å². The zero-order valence-electron chi connectivity index (χ0n) is 16.7. The van der Waals surface area contributed by atoms with Crippen molar-refractivity contribution in [2.24, 2.45) is 0 Å². The molecule has 1 saturated heterocycles. The number of rotatable bonds is 6. The summed E-state index contributed by atoms with van der Waals surface area (Å²) in [5.74, 6) is 0.0780. The van der Waals surface area contributed by atoms with Crippen molar-refractivity contribution in [1.29, 1.82) is 0 Å². The fourth-order valence-electron chi connectivity index (χ4n) is 3.25. The van der Waals surface area contributed by atoms with Gasteiger partial charge in [-0.2, -0.15) is 4.31 Å². The van der Waals surface area contributed by atoms with E-state index in [1.165, 1.54) is 22.5 Å². The maximum absolute atomic E-state index is 13.0. The Kier molecular flexibility index (Phi) is 6.56. The van der Waals surface area contributed by atoms with E-state index in [2.05, 4.69) is 0 Å². The molecule has 0 aliphatic carbocycles. The first-order valence-corrected chi connectivity index (χ1v) is 10.8. The number of sulfonamides is 1. The third kappa shape index (κ3) is 5.14. The lowest BCUT2D eigenvalue weighted by Gasteiger charge is -2.34. The van der Waals surface area contributed by atoms with Gasteiger partial charge in [0.15, 0.2) is 0 Å². The molecule has 0 saturated carbocycles. The molecule has 2 aromatic rings. The van der Waals surface area contributed by atoms with Crippen LogP contribution in [0.15, 0.2) is 53.4 Å². The van der Waals surface area contributed by atoms with E-state index >= 15 is 0 Å². The lowest BCUT2D eigenvalue weighted by molar-refractivity contribution is -0.0440. The highest BCUT2D eigenvalue weighted by Gasteiger charge is 2.32. The molecule has 0 bridgehead atoms. The molecule has 0 aromatic heterocycles. The van der Waals surface area contributed by atoms with Crippen molar-refractivity contribution in [1.82, 2.24) is 4.31 Å². The molecular formula is C21H25NO6S. The molecule has 3 rings (SSSR count). The van der Waals surface area contributed by atoms with Crippen LogP contribution in [-0.2, 0) is 26.1 Å². The molecule has 1 aliphatic rings. The zero-order valence-corrected chi connectivity index (χ0v) is 17.5. The fraction of sp³-hybridized carbons (Fsp3) is 0.381. The number of carbonyl (C=O) groups excluding carboxylic acids is 1. The predicted octanol–water partition coefficient (Wildman–Crippen LogP) is 2.85. The number of hydrogen-bond donors (Lipinski definition) is 0. The molecule has 29 heavy (non-hydrogen) atoms. The van der Waals surface area contributed by atoms with Gasteiger partial charge in [-0.1, -0.05) is 18.2 Å². The van der Waals surface area contributed by atoms with Crippen LogP contribution in [0.3, 0.4) is 0 Å². The predicted molar refractivity (Wildman–Crippen MR) is 107 cm³/mol. The quantitative estimate of drug-likeness (QED) is 0.670. The first-order valence-electron chi connectivity index (χ1n) is 9.35. The van der Waals surface area contributed by atoms with Gasteiger partial charge >= 0.3 is 5.97 Å². The standard InChI is InChI=1S/C21H25NO6S/c1-15-12-22(13-16(2)28-15)29(24,25)20-9-5-7-18(11-20)21(23)27-14-17-6-4-8-19(10-17)26-3/h4-11,15-16H,12-14H2,1-3H3. The van der Waals surface area contributed by atoms with Crippen LogP contribution in [0.5, 0.6) is 5.75 Å². The van der Waals surface area contributed by atoms with E-state index in [0.717, 1.165) is 5.56 Å². The largest absolute Gasteiger partial charge is 0.497 e. The Balaban J connectivity index is 1.73. The van der Waals surface area contributed by atoms with Gasteiger partial charge in [-0.15, -0.1) is 0 Å². The van der Waals surface area contributed by atoms with Gasteiger partial charge in [0.2, 0.25) is 10.0 Å². The van der Waals surface area contributed by atoms with Crippen molar-refractivity contribution < 1.29 is 27.4 Å². The summed E-state index contributed by atoms with van der Waals surface area (Å²) in [7, 11) is -2.17. The Hall–Kier alpha value is -2.42. The normalized spacial score (nSPS) is 20.2. The van der Waals surface area contributed by atoms with E-state index in [-0.39, 0.29) is 42.4 Å². The summed E-state index contributed by atoms with van der Waals surface area (Å²) in [6.45, 7) is 4.29. The topological polar surface area (TPSA) is 82.1 Å². The van der Waals surface area contributed by atoms with Crippen LogP contribution in [0.4, 0.5) is 0 Å². The van der Waals surface area contributed by atoms with E-state index in [0.29, 0.717) is 5.75 Å². The van der Waals surface area contributed by atoms with E-state index in [4.69, 9.17) is 14.2 Å². The van der Waals surface area contributed by atoms with Gasteiger partial charge in [-0.25, -0.2) is 13.2 Å². The Bertz CT molecular complexity index is 965. The minimum Gasteiger partial charge on any atom is -0.497 e. The average Bonchev–Trinajstić information content (AvgIpc) is 2.71. The van der Waals surface area contributed by atoms with Crippen LogP contribution < -0.4 is 4.74 Å². The van der Waals surface area contributed by atoms with Crippen molar-refractivity contribution in [3.63, 3.8) is 0 Å². The Morgan fingerprint density at radius 2 is 1.79 bits per heavy atom. The van der Waals surface area contributed by atoms with Crippen LogP contribution in [-0.4, -0.2) is 51.1 Å². The van der Waals surface area contributed by atoms with Crippen molar-refractivity contribution in [3.05, 3.63) is 59.7 Å². The Labute approximate surface area is 171 Å². The van der Waals surface area contributed by atoms with Crippen LogP contribution in [0.2, 0.25) is 0 Å². The van der Waals surface area contributed by atoms with Crippen LogP contribution in [0, 0.1) is 0 Å². The summed E-state index contributed by atoms with van der Waals surface area (Å²) in [4.78, 5) is 12.5. The monoisotopic (exact) mass is 419 g/mol. The second kappa shape index (κ2) is 8.94. The number of carbonyl (C=O) groups is 1. The third-order valence-electron chi connectivity index (χ3n) is 4.60. The first-order chi connectivity index (χ1) is 13.8. The van der Waals surface area contributed by atoms with E-state index in [1.54, 1.807) is 31.4 Å². The van der Waals surface area contributed by atoms with Gasteiger partial charge in [0.1, 0.15) is 12.4 Å². The summed E-state index contributed by atoms with van der Waals surface area (Å²) in [6.07, 6.45) is -0.380. The average molecular weight is 419 g/mol. The second-order valence-electron chi connectivity index (χ2n) is 7.03. The summed E-state index contributed by atoms with van der Waals surface area (Å²) in [5, 5.41) is 0. The van der Waals surface area contributed by atoms with Crippen LogP contribution in [0.25, 0.3) is 0 Å². The lowest BCUT2D eigenvalue weighted by Crippen LogP contribution is -2.48. The third-order valence-corrected chi connectivity index (χ3v) is 6.43. The van der Waals surface area contributed by atoms with Gasteiger partial charge < -0.3 is 14.2 Å². The number of esters is 1. The Morgan fingerprint density at radius 3 is 2.48 bits per heavy atom. The van der Waals surface area contributed by atoms with E-state index in [1.807, 2.05) is 19.9 Å². The number of methoxy groups -OCH3 is 1. The molecule has 1 fully saturated rings. The molecule has 2 aromatic carbocycles. The number of morpholine rings is 1. The molecule has 0 radical (unpaired) electrons. The minimum atomic E-state index is -3.73. The first kappa shape index (κ1) is 21.3. The van der Waals surface area contributed by atoms with Gasteiger partial charge in [-0.05, 0) is 49.7 Å².